The minimum Gasteiger partial charge on any atom is -0.481 e. The van der Waals surface area contributed by atoms with E-state index in [4.69, 9.17) is 5.11 Å². The highest BCUT2D eigenvalue weighted by Gasteiger charge is 2.30. The first-order chi connectivity index (χ1) is 12.7. The van der Waals surface area contributed by atoms with Crippen molar-refractivity contribution in [3.8, 4) is 0 Å². The van der Waals surface area contributed by atoms with Gasteiger partial charge in [-0.1, -0.05) is 42.0 Å². The third-order valence-corrected chi connectivity index (χ3v) is 4.20. The second kappa shape index (κ2) is 8.49. The fourth-order valence-electron chi connectivity index (χ4n) is 2.45. The standard InChI is InChI=1S/C21H24N2O4/c1-14-8-10-15(11-9-14)13-22-19(25)16-6-4-5-7-17(16)23-18(24)12-21(2,3)20(26)27/h4-11H,12-13H2,1-3H3,(H,22,25)(H,23,24)(H,26,27). The Hall–Kier alpha value is -3.15. The van der Waals surface area contributed by atoms with Crippen LogP contribution < -0.4 is 10.6 Å². The van der Waals surface area contributed by atoms with Gasteiger partial charge < -0.3 is 15.7 Å². The molecule has 0 saturated heterocycles. The van der Waals surface area contributed by atoms with Gasteiger partial charge in [0.2, 0.25) is 5.91 Å². The number of nitrogens with one attached hydrogen (secondary N) is 2. The summed E-state index contributed by atoms with van der Waals surface area (Å²) in [7, 11) is 0. The molecule has 0 aromatic heterocycles. The first-order valence-corrected chi connectivity index (χ1v) is 8.65. The van der Waals surface area contributed by atoms with Crippen LogP contribution in [0.1, 0.15) is 41.8 Å². The fraction of sp³-hybridized carbons (Fsp3) is 0.286. The molecule has 0 aliphatic carbocycles. The van der Waals surface area contributed by atoms with Crippen molar-refractivity contribution in [2.45, 2.75) is 33.7 Å². The number of carboxylic acid groups (broad SMARTS) is 1. The maximum absolute atomic E-state index is 12.5. The van der Waals surface area contributed by atoms with Crippen LogP contribution in [-0.2, 0) is 16.1 Å². The van der Waals surface area contributed by atoms with E-state index < -0.39 is 17.3 Å². The molecular weight excluding hydrogens is 344 g/mol. The lowest BCUT2D eigenvalue weighted by Crippen LogP contribution is -2.30. The topological polar surface area (TPSA) is 95.5 Å². The Morgan fingerprint density at radius 2 is 1.63 bits per heavy atom. The second-order valence-electron chi connectivity index (χ2n) is 7.13. The van der Waals surface area contributed by atoms with Crippen molar-refractivity contribution in [2.24, 2.45) is 5.41 Å². The Kier molecular flexibility index (Phi) is 6.34. The van der Waals surface area contributed by atoms with Gasteiger partial charge in [-0.05, 0) is 38.5 Å². The molecule has 0 aliphatic rings. The van der Waals surface area contributed by atoms with Gasteiger partial charge >= 0.3 is 5.97 Å². The van der Waals surface area contributed by atoms with E-state index in [9.17, 15) is 14.4 Å². The van der Waals surface area contributed by atoms with E-state index in [1.54, 1.807) is 24.3 Å². The molecule has 2 aromatic rings. The second-order valence-corrected chi connectivity index (χ2v) is 7.13. The van der Waals surface area contributed by atoms with Gasteiger partial charge in [-0.15, -0.1) is 0 Å². The van der Waals surface area contributed by atoms with Gasteiger partial charge in [0.25, 0.3) is 5.91 Å². The summed E-state index contributed by atoms with van der Waals surface area (Å²) < 4.78 is 0. The molecule has 6 nitrogen and oxygen atoms in total. The molecule has 0 atom stereocenters. The van der Waals surface area contributed by atoms with Crippen molar-refractivity contribution in [3.63, 3.8) is 0 Å². The van der Waals surface area contributed by atoms with Crippen LogP contribution in [0.15, 0.2) is 48.5 Å². The summed E-state index contributed by atoms with van der Waals surface area (Å²) in [5, 5.41) is 14.6. The molecule has 0 saturated carbocycles. The number of carbonyl (C=O) groups excluding carboxylic acids is 2. The number of carbonyl (C=O) groups is 3. The van der Waals surface area contributed by atoms with Crippen molar-refractivity contribution < 1.29 is 19.5 Å². The molecule has 2 amide bonds. The molecule has 0 spiro atoms. The van der Waals surface area contributed by atoms with E-state index in [0.717, 1.165) is 11.1 Å². The Morgan fingerprint density at radius 1 is 1.00 bits per heavy atom. The molecule has 142 valence electrons. The smallest absolute Gasteiger partial charge is 0.309 e. The largest absolute Gasteiger partial charge is 0.481 e. The third-order valence-electron chi connectivity index (χ3n) is 4.20. The zero-order valence-electron chi connectivity index (χ0n) is 15.7. The van der Waals surface area contributed by atoms with Crippen LogP contribution in [0.25, 0.3) is 0 Å². The van der Waals surface area contributed by atoms with Crippen molar-refractivity contribution in [1.29, 1.82) is 0 Å². The first-order valence-electron chi connectivity index (χ1n) is 8.65. The molecule has 6 heteroatoms. The molecule has 0 heterocycles. The average molecular weight is 368 g/mol. The SMILES string of the molecule is Cc1ccc(CNC(=O)c2ccccc2NC(=O)CC(C)(C)C(=O)O)cc1. The zero-order chi connectivity index (χ0) is 20.0. The predicted molar refractivity (Wildman–Crippen MR) is 103 cm³/mol. The minimum absolute atomic E-state index is 0.193. The monoisotopic (exact) mass is 368 g/mol. The lowest BCUT2D eigenvalue weighted by Gasteiger charge is -2.19. The Labute approximate surface area is 158 Å². The van der Waals surface area contributed by atoms with Crippen LogP contribution in [-0.4, -0.2) is 22.9 Å². The molecule has 0 bridgehead atoms. The van der Waals surface area contributed by atoms with Crippen molar-refractivity contribution >= 4 is 23.5 Å². The van der Waals surface area contributed by atoms with Gasteiger partial charge in [-0.25, -0.2) is 0 Å². The number of hydrogen-bond donors (Lipinski definition) is 3. The molecule has 0 radical (unpaired) electrons. The number of carboxylic acids is 1. The number of amides is 2. The van der Waals surface area contributed by atoms with Gasteiger partial charge in [0.15, 0.2) is 0 Å². The van der Waals surface area contributed by atoms with Crippen LogP contribution in [0.4, 0.5) is 5.69 Å². The fourth-order valence-corrected chi connectivity index (χ4v) is 2.45. The molecular formula is C21H24N2O4. The maximum Gasteiger partial charge on any atom is 0.309 e. The lowest BCUT2D eigenvalue weighted by molar-refractivity contribution is -0.148. The van der Waals surface area contributed by atoms with E-state index in [2.05, 4.69) is 10.6 Å². The summed E-state index contributed by atoms with van der Waals surface area (Å²) in [4.78, 5) is 35.9. The normalized spacial score (nSPS) is 10.9. The number of aryl methyl sites for hydroxylation is 1. The van der Waals surface area contributed by atoms with Gasteiger partial charge in [-0.2, -0.15) is 0 Å². The zero-order valence-corrected chi connectivity index (χ0v) is 15.7. The Bertz CT molecular complexity index is 842. The number of rotatable bonds is 7. The predicted octanol–water partition coefficient (Wildman–Crippen LogP) is 3.36. The van der Waals surface area contributed by atoms with E-state index in [0.29, 0.717) is 17.8 Å². The highest BCUT2D eigenvalue weighted by molar-refractivity contribution is 6.04. The molecule has 0 fully saturated rings. The average Bonchev–Trinajstić information content (AvgIpc) is 2.60. The highest BCUT2D eigenvalue weighted by Crippen LogP contribution is 2.22. The molecule has 0 unspecified atom stereocenters. The number of hydrogen-bond acceptors (Lipinski definition) is 3. The summed E-state index contributed by atoms with van der Waals surface area (Å²) in [5.41, 5.74) is 1.60. The Balaban J connectivity index is 2.05. The van der Waals surface area contributed by atoms with Crippen LogP contribution in [0, 0.1) is 12.3 Å². The highest BCUT2D eigenvalue weighted by atomic mass is 16.4. The van der Waals surface area contributed by atoms with Gasteiger partial charge in [0.1, 0.15) is 0 Å². The number of aliphatic carboxylic acids is 1. The summed E-state index contributed by atoms with van der Waals surface area (Å²) in [6.07, 6.45) is -0.193. The summed E-state index contributed by atoms with van der Waals surface area (Å²) in [6.45, 7) is 5.32. The number of benzene rings is 2. The van der Waals surface area contributed by atoms with E-state index in [-0.39, 0.29) is 12.3 Å². The Morgan fingerprint density at radius 3 is 2.26 bits per heavy atom. The van der Waals surface area contributed by atoms with Crippen LogP contribution in [0.2, 0.25) is 0 Å². The van der Waals surface area contributed by atoms with Crippen LogP contribution >= 0.6 is 0 Å². The maximum atomic E-state index is 12.5. The van der Waals surface area contributed by atoms with Gasteiger partial charge in [0.05, 0.1) is 16.7 Å². The minimum atomic E-state index is -1.19. The number of anilines is 1. The first kappa shape index (κ1) is 20.2. The molecule has 3 N–H and O–H groups in total. The van der Waals surface area contributed by atoms with Crippen molar-refractivity contribution in [3.05, 3.63) is 65.2 Å². The molecule has 27 heavy (non-hydrogen) atoms. The molecule has 2 aromatic carbocycles. The lowest BCUT2D eigenvalue weighted by atomic mass is 9.89. The third kappa shape index (κ3) is 5.67. The quantitative estimate of drug-likeness (QED) is 0.698. The summed E-state index contributed by atoms with van der Waals surface area (Å²) in [5.74, 6) is -1.83. The van der Waals surface area contributed by atoms with E-state index in [1.807, 2.05) is 31.2 Å². The summed E-state index contributed by atoms with van der Waals surface area (Å²) in [6, 6.07) is 14.5. The molecule has 0 aliphatic heterocycles. The van der Waals surface area contributed by atoms with Gasteiger partial charge in [-0.3, -0.25) is 14.4 Å². The number of para-hydroxylation sites is 1. The van der Waals surface area contributed by atoms with Crippen LogP contribution in [0.3, 0.4) is 0 Å². The van der Waals surface area contributed by atoms with Crippen molar-refractivity contribution in [1.82, 2.24) is 5.32 Å². The molecule has 2 rings (SSSR count). The van der Waals surface area contributed by atoms with E-state index >= 15 is 0 Å². The summed E-state index contributed by atoms with van der Waals surface area (Å²) >= 11 is 0. The van der Waals surface area contributed by atoms with Crippen molar-refractivity contribution in [2.75, 3.05) is 5.32 Å². The van der Waals surface area contributed by atoms with E-state index in [1.165, 1.54) is 13.8 Å². The van der Waals surface area contributed by atoms with Gasteiger partial charge in [0, 0.05) is 13.0 Å². The van der Waals surface area contributed by atoms with Crippen LogP contribution in [0.5, 0.6) is 0 Å².